The van der Waals surface area contributed by atoms with Crippen molar-refractivity contribution in [1.29, 1.82) is 0 Å². The van der Waals surface area contributed by atoms with E-state index in [9.17, 15) is 20.1 Å². The van der Waals surface area contributed by atoms with E-state index >= 15 is 0 Å². The Labute approximate surface area is 218 Å². The van der Waals surface area contributed by atoms with E-state index in [4.69, 9.17) is 4.74 Å². The minimum Gasteiger partial charge on any atom is -0.393 e. The summed E-state index contributed by atoms with van der Waals surface area (Å²) in [6, 6.07) is 0. The molecule has 0 radical (unpaired) electrons. The first-order valence-corrected chi connectivity index (χ1v) is 15.0. The zero-order chi connectivity index (χ0) is 25.7. The molecule has 206 valence electrons. The maximum Gasteiger partial charge on any atom is 0.220 e. The second kappa shape index (κ2) is 10.5. The molecule has 4 N–H and O–H groups in total. The highest BCUT2D eigenvalue weighted by Crippen LogP contribution is 2.68. The Morgan fingerprint density at radius 2 is 1.75 bits per heavy atom. The van der Waals surface area contributed by atoms with Crippen LogP contribution in [0.25, 0.3) is 0 Å². The van der Waals surface area contributed by atoms with E-state index in [1.165, 1.54) is 0 Å². The first-order chi connectivity index (χ1) is 17.1. The van der Waals surface area contributed by atoms with Crippen molar-refractivity contribution in [2.75, 3.05) is 19.8 Å². The number of carbonyl (C=O) groups excluding carboxylic acids is 1. The number of ether oxygens (including phenoxy) is 1. The van der Waals surface area contributed by atoms with Gasteiger partial charge < -0.3 is 25.4 Å². The highest BCUT2D eigenvalue weighted by molar-refractivity contribution is 5.75. The Balaban J connectivity index is 1.22. The lowest BCUT2D eigenvalue weighted by Gasteiger charge is -2.63. The van der Waals surface area contributed by atoms with Gasteiger partial charge in [0.25, 0.3) is 0 Å². The van der Waals surface area contributed by atoms with Crippen molar-refractivity contribution in [2.24, 2.45) is 52.3 Å². The van der Waals surface area contributed by atoms with Crippen LogP contribution in [-0.4, -0.2) is 59.3 Å². The van der Waals surface area contributed by atoms with E-state index in [-0.39, 0.29) is 41.0 Å². The molecule has 0 unspecified atom stereocenters. The van der Waals surface area contributed by atoms with Crippen molar-refractivity contribution in [3.05, 3.63) is 0 Å². The van der Waals surface area contributed by atoms with Gasteiger partial charge in [-0.2, -0.15) is 0 Å². The summed E-state index contributed by atoms with van der Waals surface area (Å²) in [7, 11) is 0. The molecule has 6 nitrogen and oxygen atoms in total. The average Bonchev–Trinajstić information content (AvgIpc) is 3.22. The minimum absolute atomic E-state index is 0.109. The van der Waals surface area contributed by atoms with E-state index in [1.54, 1.807) is 0 Å². The summed E-state index contributed by atoms with van der Waals surface area (Å²) in [4.78, 5) is 12.6. The normalized spacial score (nSPS) is 47.9. The molecule has 6 heteroatoms. The summed E-state index contributed by atoms with van der Waals surface area (Å²) in [5.41, 5.74) is -0.0881. The average molecular weight is 506 g/mol. The Bertz CT molecular complexity index is 785. The largest absolute Gasteiger partial charge is 0.393 e. The summed E-state index contributed by atoms with van der Waals surface area (Å²) in [6.07, 6.45) is 8.90. The standard InChI is InChI=1S/C30H51NO5/c1-18(4-7-27(35)31-17-19-9-12-36-13-10-19)22-5-6-23-28-24(16-26(34)30(22,23)3)29(2)11-8-21(32)14-20(29)15-25(28)33/h18-26,28,32-34H,4-17H2,1-3H3,(H,31,35)/t18-,20+,21-,22-,23+,24+,25-,26+,28+,29+,30-/m1/s1. The van der Waals surface area contributed by atoms with Gasteiger partial charge in [0.15, 0.2) is 0 Å². The van der Waals surface area contributed by atoms with Gasteiger partial charge >= 0.3 is 0 Å². The van der Waals surface area contributed by atoms with Crippen LogP contribution in [-0.2, 0) is 9.53 Å². The van der Waals surface area contributed by atoms with E-state index in [0.717, 1.165) is 84.0 Å². The van der Waals surface area contributed by atoms with E-state index in [2.05, 4.69) is 26.1 Å². The predicted molar refractivity (Wildman–Crippen MR) is 139 cm³/mol. The molecule has 0 bridgehead atoms. The third kappa shape index (κ3) is 4.67. The Kier molecular flexibility index (Phi) is 7.82. The number of aliphatic hydroxyl groups excluding tert-OH is 3. The third-order valence-corrected chi connectivity index (χ3v) is 12.3. The van der Waals surface area contributed by atoms with Gasteiger partial charge in [-0.05, 0) is 116 Å². The number of carbonyl (C=O) groups is 1. The highest BCUT2D eigenvalue weighted by atomic mass is 16.5. The number of rotatable bonds is 6. The molecule has 0 spiro atoms. The Morgan fingerprint density at radius 1 is 1.00 bits per heavy atom. The summed E-state index contributed by atoms with van der Waals surface area (Å²) < 4.78 is 5.42. The lowest BCUT2D eigenvalue weighted by atomic mass is 9.43. The molecule has 0 aromatic heterocycles. The van der Waals surface area contributed by atoms with Crippen LogP contribution in [0.1, 0.15) is 91.4 Å². The number of fused-ring (bicyclic) bond motifs is 5. The van der Waals surface area contributed by atoms with Crippen LogP contribution in [0.3, 0.4) is 0 Å². The SMILES string of the molecule is C[C@H](CCC(=O)NCC1CCOCC1)[C@H]1CC[C@H]2[C@@H]3[C@H](O)C[C@@H]4C[C@H](O)CC[C@]4(C)[C@H]3C[C@H](O)[C@]12C. The fraction of sp³-hybridized carbons (Fsp3) is 0.967. The Hall–Kier alpha value is -0.690. The van der Waals surface area contributed by atoms with Crippen LogP contribution >= 0.6 is 0 Å². The lowest BCUT2D eigenvalue weighted by Crippen LogP contribution is -2.62. The van der Waals surface area contributed by atoms with Gasteiger partial charge in [-0.3, -0.25) is 4.79 Å². The van der Waals surface area contributed by atoms with Gasteiger partial charge in [0, 0.05) is 26.2 Å². The maximum atomic E-state index is 12.6. The third-order valence-electron chi connectivity index (χ3n) is 12.3. The molecule has 11 atom stereocenters. The summed E-state index contributed by atoms with van der Waals surface area (Å²) in [6.45, 7) is 9.33. The van der Waals surface area contributed by atoms with Crippen LogP contribution in [0.5, 0.6) is 0 Å². The molecule has 36 heavy (non-hydrogen) atoms. The molecule has 0 aromatic rings. The van der Waals surface area contributed by atoms with Gasteiger partial charge in [0.05, 0.1) is 18.3 Å². The molecule has 1 saturated heterocycles. The summed E-state index contributed by atoms with van der Waals surface area (Å²) in [5, 5.41) is 36.6. The first kappa shape index (κ1) is 26.9. The topological polar surface area (TPSA) is 99.0 Å². The molecule has 4 aliphatic carbocycles. The van der Waals surface area contributed by atoms with Crippen LogP contribution in [0.4, 0.5) is 0 Å². The number of aliphatic hydroxyl groups is 3. The zero-order valence-corrected chi connectivity index (χ0v) is 22.8. The molecular formula is C30H51NO5. The number of hydrogen-bond donors (Lipinski definition) is 4. The van der Waals surface area contributed by atoms with Crippen molar-refractivity contribution in [3.8, 4) is 0 Å². The number of nitrogens with one attached hydrogen (secondary N) is 1. The second-order valence-corrected chi connectivity index (χ2v) is 13.9. The maximum absolute atomic E-state index is 12.6. The summed E-state index contributed by atoms with van der Waals surface area (Å²) in [5.74, 6) is 2.70. The molecule has 5 fully saturated rings. The van der Waals surface area contributed by atoms with Gasteiger partial charge in [0.2, 0.25) is 5.91 Å². The van der Waals surface area contributed by atoms with Crippen molar-refractivity contribution < 1.29 is 24.9 Å². The van der Waals surface area contributed by atoms with Crippen LogP contribution < -0.4 is 5.32 Å². The summed E-state index contributed by atoms with van der Waals surface area (Å²) >= 11 is 0. The molecule has 5 aliphatic rings. The number of hydrogen-bond acceptors (Lipinski definition) is 5. The van der Waals surface area contributed by atoms with Crippen molar-refractivity contribution >= 4 is 5.91 Å². The first-order valence-electron chi connectivity index (χ1n) is 15.0. The van der Waals surface area contributed by atoms with Gasteiger partial charge in [-0.15, -0.1) is 0 Å². The van der Waals surface area contributed by atoms with Crippen molar-refractivity contribution in [3.63, 3.8) is 0 Å². The van der Waals surface area contributed by atoms with Crippen molar-refractivity contribution in [2.45, 2.75) is 110 Å². The lowest BCUT2D eigenvalue weighted by molar-refractivity contribution is -0.207. The quantitative estimate of drug-likeness (QED) is 0.439. The number of amides is 1. The van der Waals surface area contributed by atoms with Crippen LogP contribution in [0, 0.1) is 52.3 Å². The van der Waals surface area contributed by atoms with Crippen LogP contribution in [0.2, 0.25) is 0 Å². The molecule has 0 aromatic carbocycles. The fourth-order valence-electron chi connectivity index (χ4n) is 9.99. The van der Waals surface area contributed by atoms with E-state index < -0.39 is 0 Å². The zero-order valence-electron chi connectivity index (χ0n) is 22.8. The molecular weight excluding hydrogens is 454 g/mol. The predicted octanol–water partition coefficient (Wildman–Crippen LogP) is 3.91. The van der Waals surface area contributed by atoms with E-state index in [0.29, 0.717) is 41.9 Å². The second-order valence-electron chi connectivity index (χ2n) is 13.9. The molecule has 4 saturated carbocycles. The van der Waals surface area contributed by atoms with Crippen LogP contribution in [0.15, 0.2) is 0 Å². The Morgan fingerprint density at radius 3 is 2.50 bits per heavy atom. The van der Waals surface area contributed by atoms with Crippen molar-refractivity contribution in [1.82, 2.24) is 5.32 Å². The molecule has 5 rings (SSSR count). The molecule has 1 amide bonds. The molecule has 1 aliphatic heterocycles. The van der Waals surface area contributed by atoms with E-state index in [1.807, 2.05) is 0 Å². The highest BCUT2D eigenvalue weighted by Gasteiger charge is 2.65. The fourth-order valence-corrected chi connectivity index (χ4v) is 9.99. The monoisotopic (exact) mass is 505 g/mol. The minimum atomic E-state index is -0.365. The van der Waals surface area contributed by atoms with Gasteiger partial charge in [-0.25, -0.2) is 0 Å². The van der Waals surface area contributed by atoms with Gasteiger partial charge in [0.1, 0.15) is 0 Å². The smallest absolute Gasteiger partial charge is 0.220 e. The molecule has 1 heterocycles. The van der Waals surface area contributed by atoms with Gasteiger partial charge in [-0.1, -0.05) is 20.8 Å².